The number of nitrogens with zero attached hydrogens (tertiary/aromatic N) is 5. The second kappa shape index (κ2) is 7.79. The van der Waals surface area contributed by atoms with E-state index in [2.05, 4.69) is 36.7 Å². The highest BCUT2D eigenvalue weighted by Crippen LogP contribution is 2.12. The molecule has 3 rings (SSSR count). The summed E-state index contributed by atoms with van der Waals surface area (Å²) in [6, 6.07) is 1.52. The van der Waals surface area contributed by atoms with Crippen LogP contribution in [0.2, 0.25) is 0 Å². The van der Waals surface area contributed by atoms with E-state index in [1.807, 2.05) is 19.3 Å². The smallest absolute Gasteiger partial charge is 0.242 e. The fourth-order valence-corrected chi connectivity index (χ4v) is 3.11. The third-order valence-electron chi connectivity index (χ3n) is 4.72. The Bertz CT molecular complexity index is 702. The highest BCUT2D eigenvalue weighted by Gasteiger charge is 2.26. The second-order valence-electron chi connectivity index (χ2n) is 6.43. The molecule has 8 heteroatoms. The van der Waals surface area contributed by atoms with Gasteiger partial charge in [-0.15, -0.1) is 0 Å². The fraction of sp³-hybridized carbons (Fsp3) is 0.588. The quantitative estimate of drug-likeness (QED) is 0.850. The van der Waals surface area contributed by atoms with Crippen molar-refractivity contribution in [3.05, 3.63) is 30.0 Å². The van der Waals surface area contributed by atoms with Crippen LogP contribution < -0.4 is 5.32 Å². The van der Waals surface area contributed by atoms with Crippen molar-refractivity contribution in [2.75, 3.05) is 31.5 Å². The van der Waals surface area contributed by atoms with Gasteiger partial charge >= 0.3 is 0 Å². The number of aromatic nitrogens is 3. The molecule has 1 aliphatic rings. The van der Waals surface area contributed by atoms with E-state index < -0.39 is 0 Å². The topological polar surface area (TPSA) is 79.4 Å². The molecule has 0 spiro atoms. The molecule has 1 amide bonds. The molecule has 0 radical (unpaired) electrons. The summed E-state index contributed by atoms with van der Waals surface area (Å²) < 4.78 is 7.15. The Hall–Kier alpha value is -2.19. The van der Waals surface area contributed by atoms with Crippen molar-refractivity contribution in [2.45, 2.75) is 39.9 Å². The van der Waals surface area contributed by atoms with E-state index in [1.165, 1.54) is 0 Å². The molecule has 1 aliphatic heterocycles. The SMILES string of the molecule is CCn1ccnc1CN1CCN([C@@H](C)C(=O)Nc2cc(C)on2)CC1. The fourth-order valence-electron chi connectivity index (χ4n) is 3.11. The first-order chi connectivity index (χ1) is 12.1. The van der Waals surface area contributed by atoms with Crippen molar-refractivity contribution in [2.24, 2.45) is 0 Å². The lowest BCUT2D eigenvalue weighted by molar-refractivity contribution is -0.121. The van der Waals surface area contributed by atoms with Crippen LogP contribution in [0, 0.1) is 6.92 Å². The van der Waals surface area contributed by atoms with Crippen LogP contribution in [0.4, 0.5) is 5.82 Å². The predicted molar refractivity (Wildman–Crippen MR) is 94.1 cm³/mol. The first-order valence-electron chi connectivity index (χ1n) is 8.77. The first-order valence-corrected chi connectivity index (χ1v) is 8.77. The summed E-state index contributed by atoms with van der Waals surface area (Å²) in [4.78, 5) is 21.4. The van der Waals surface area contributed by atoms with Gasteiger partial charge in [-0.25, -0.2) is 4.98 Å². The van der Waals surface area contributed by atoms with Crippen molar-refractivity contribution in [1.29, 1.82) is 0 Å². The van der Waals surface area contributed by atoms with Crippen molar-refractivity contribution in [3.63, 3.8) is 0 Å². The van der Waals surface area contributed by atoms with Gasteiger partial charge in [0.1, 0.15) is 11.6 Å². The summed E-state index contributed by atoms with van der Waals surface area (Å²) in [7, 11) is 0. The van der Waals surface area contributed by atoms with Gasteiger partial charge in [0.25, 0.3) is 0 Å². The minimum atomic E-state index is -0.197. The molecule has 0 bridgehead atoms. The lowest BCUT2D eigenvalue weighted by atomic mass is 10.2. The number of aryl methyl sites for hydroxylation is 2. The van der Waals surface area contributed by atoms with Crippen molar-refractivity contribution < 1.29 is 9.32 Å². The number of hydrogen-bond donors (Lipinski definition) is 1. The number of nitrogens with one attached hydrogen (secondary N) is 1. The molecule has 25 heavy (non-hydrogen) atoms. The Morgan fingerprint density at radius 2 is 2.12 bits per heavy atom. The average Bonchev–Trinajstić information content (AvgIpc) is 3.23. The molecule has 1 N–H and O–H groups in total. The standard InChI is InChI=1S/C17H26N6O2/c1-4-22-6-5-18-16(22)12-21-7-9-23(10-8-21)14(3)17(24)19-15-11-13(2)25-20-15/h5-6,11,14H,4,7-10,12H2,1-3H3,(H,19,20,24)/t14-/m0/s1. The molecule has 1 fully saturated rings. The lowest BCUT2D eigenvalue weighted by Gasteiger charge is -2.37. The molecule has 0 aromatic carbocycles. The van der Waals surface area contributed by atoms with E-state index in [0.29, 0.717) is 11.6 Å². The predicted octanol–water partition coefficient (Wildman–Crippen LogP) is 1.34. The largest absolute Gasteiger partial charge is 0.360 e. The van der Waals surface area contributed by atoms with Gasteiger partial charge in [-0.1, -0.05) is 5.16 Å². The first kappa shape index (κ1) is 17.6. The summed E-state index contributed by atoms with van der Waals surface area (Å²) in [5.74, 6) is 2.20. The van der Waals surface area contributed by atoms with Crippen LogP contribution in [0.15, 0.2) is 23.0 Å². The second-order valence-corrected chi connectivity index (χ2v) is 6.43. The molecule has 1 atom stereocenters. The molecule has 136 valence electrons. The maximum atomic E-state index is 12.4. The van der Waals surface area contributed by atoms with Crippen LogP contribution in [0.1, 0.15) is 25.4 Å². The number of hydrogen-bond acceptors (Lipinski definition) is 6. The van der Waals surface area contributed by atoms with Crippen LogP contribution >= 0.6 is 0 Å². The van der Waals surface area contributed by atoms with E-state index in [9.17, 15) is 4.79 Å². The highest BCUT2D eigenvalue weighted by atomic mass is 16.5. The Labute approximate surface area is 147 Å². The number of imidazole rings is 1. The van der Waals surface area contributed by atoms with Gasteiger partial charge in [0.2, 0.25) is 5.91 Å². The van der Waals surface area contributed by atoms with Crippen LogP contribution in [-0.4, -0.2) is 62.6 Å². The number of rotatable bonds is 6. The summed E-state index contributed by atoms with van der Waals surface area (Å²) >= 11 is 0. The summed E-state index contributed by atoms with van der Waals surface area (Å²) in [6.45, 7) is 11.2. The van der Waals surface area contributed by atoms with Crippen LogP contribution in [0.25, 0.3) is 0 Å². The van der Waals surface area contributed by atoms with Crippen LogP contribution in [-0.2, 0) is 17.9 Å². The monoisotopic (exact) mass is 346 g/mol. The number of amides is 1. The third kappa shape index (κ3) is 4.26. The van der Waals surface area contributed by atoms with E-state index in [-0.39, 0.29) is 11.9 Å². The minimum Gasteiger partial charge on any atom is -0.360 e. The number of carbonyl (C=O) groups excluding carboxylic acids is 1. The van der Waals surface area contributed by atoms with Gasteiger partial charge < -0.3 is 14.4 Å². The molecule has 0 unspecified atom stereocenters. The van der Waals surface area contributed by atoms with Crippen molar-refractivity contribution >= 4 is 11.7 Å². The third-order valence-corrected chi connectivity index (χ3v) is 4.72. The lowest BCUT2D eigenvalue weighted by Crippen LogP contribution is -2.52. The molecule has 8 nitrogen and oxygen atoms in total. The van der Waals surface area contributed by atoms with Crippen LogP contribution in [0.3, 0.4) is 0 Å². The van der Waals surface area contributed by atoms with Crippen molar-refractivity contribution in [1.82, 2.24) is 24.5 Å². The summed E-state index contributed by atoms with van der Waals surface area (Å²) in [6.07, 6.45) is 3.87. The number of carbonyl (C=O) groups is 1. The zero-order valence-corrected chi connectivity index (χ0v) is 15.1. The summed E-state index contributed by atoms with van der Waals surface area (Å²) in [5, 5.41) is 6.62. The summed E-state index contributed by atoms with van der Waals surface area (Å²) in [5.41, 5.74) is 0. The Morgan fingerprint density at radius 3 is 2.76 bits per heavy atom. The van der Waals surface area contributed by atoms with Crippen molar-refractivity contribution in [3.8, 4) is 0 Å². The van der Waals surface area contributed by atoms with E-state index in [0.717, 1.165) is 45.1 Å². The molecule has 3 heterocycles. The molecule has 0 aliphatic carbocycles. The maximum absolute atomic E-state index is 12.4. The molecule has 2 aromatic rings. The zero-order chi connectivity index (χ0) is 17.8. The van der Waals surface area contributed by atoms with Gasteiger partial charge in [-0.05, 0) is 20.8 Å². The van der Waals surface area contributed by atoms with Gasteiger partial charge in [-0.3, -0.25) is 14.6 Å². The Balaban J connectivity index is 1.48. The molecular weight excluding hydrogens is 320 g/mol. The molecule has 2 aromatic heterocycles. The maximum Gasteiger partial charge on any atom is 0.242 e. The highest BCUT2D eigenvalue weighted by molar-refractivity contribution is 5.93. The van der Waals surface area contributed by atoms with E-state index in [4.69, 9.17) is 4.52 Å². The van der Waals surface area contributed by atoms with Gasteiger partial charge in [0, 0.05) is 51.2 Å². The minimum absolute atomic E-state index is 0.0525. The van der Waals surface area contributed by atoms with E-state index >= 15 is 0 Å². The van der Waals surface area contributed by atoms with Gasteiger partial charge in [0.05, 0.1) is 12.6 Å². The van der Waals surface area contributed by atoms with Gasteiger partial charge in [0.15, 0.2) is 5.82 Å². The molecule has 1 saturated heterocycles. The van der Waals surface area contributed by atoms with Gasteiger partial charge in [-0.2, -0.15) is 0 Å². The number of anilines is 1. The Morgan fingerprint density at radius 1 is 1.36 bits per heavy atom. The van der Waals surface area contributed by atoms with E-state index in [1.54, 1.807) is 13.0 Å². The molecule has 0 saturated carbocycles. The van der Waals surface area contributed by atoms with Crippen LogP contribution in [0.5, 0.6) is 0 Å². The number of piperazine rings is 1. The molecular formula is C17H26N6O2. The zero-order valence-electron chi connectivity index (χ0n) is 15.1. The Kier molecular flexibility index (Phi) is 5.50. The normalized spacial score (nSPS) is 17.6. The average molecular weight is 346 g/mol.